The predicted octanol–water partition coefficient (Wildman–Crippen LogP) is 4.70. The van der Waals surface area contributed by atoms with E-state index < -0.39 is 0 Å². The molecule has 122 valence electrons. The zero-order valence-electron chi connectivity index (χ0n) is 14.3. The highest BCUT2D eigenvalue weighted by atomic mass is 32.1. The van der Waals surface area contributed by atoms with Gasteiger partial charge in [-0.25, -0.2) is 0 Å². The smallest absolute Gasteiger partial charge is 0.00890 e. The summed E-state index contributed by atoms with van der Waals surface area (Å²) in [6.45, 7) is 5.91. The lowest BCUT2D eigenvalue weighted by molar-refractivity contribution is 0.880. The van der Waals surface area contributed by atoms with Crippen molar-refractivity contribution >= 4 is 23.1 Å². The molecule has 1 heteroatoms. The molecule has 1 aliphatic rings. The molecule has 2 rings (SSSR count). The van der Waals surface area contributed by atoms with Crippen molar-refractivity contribution in [3.8, 4) is 12.3 Å². The van der Waals surface area contributed by atoms with Crippen molar-refractivity contribution in [2.75, 3.05) is 0 Å². The minimum Gasteiger partial charge on any atom is -0.147 e. The Bertz CT molecular complexity index is 854. The third kappa shape index (κ3) is 4.22. The predicted molar refractivity (Wildman–Crippen MR) is 110 cm³/mol. The minimum absolute atomic E-state index is 0.817. The van der Waals surface area contributed by atoms with E-state index in [-0.39, 0.29) is 0 Å². The number of thiol groups is 1. The van der Waals surface area contributed by atoms with Crippen LogP contribution in [0, 0.1) is 12.3 Å². The molecule has 1 aliphatic carbocycles. The summed E-state index contributed by atoms with van der Waals surface area (Å²) in [5.74, 6) is 2.71. The summed E-state index contributed by atoms with van der Waals surface area (Å²) >= 11 is 4.75. The van der Waals surface area contributed by atoms with Gasteiger partial charge in [-0.05, 0) is 51.8 Å². The van der Waals surface area contributed by atoms with Crippen LogP contribution >= 0.6 is 12.6 Å². The van der Waals surface area contributed by atoms with Crippen molar-refractivity contribution in [2.24, 2.45) is 0 Å². The molecule has 0 saturated heterocycles. The minimum atomic E-state index is 0.817. The Balaban J connectivity index is 2.68. The van der Waals surface area contributed by atoms with Gasteiger partial charge < -0.3 is 0 Å². The second-order valence-electron chi connectivity index (χ2n) is 5.73. The monoisotopic (exact) mass is 332 g/mol. The van der Waals surface area contributed by atoms with Gasteiger partial charge in [0.2, 0.25) is 0 Å². The zero-order chi connectivity index (χ0) is 17.4. The van der Waals surface area contributed by atoms with Gasteiger partial charge in [-0.1, -0.05) is 61.2 Å². The fourth-order valence-electron chi connectivity index (χ4n) is 3.01. The van der Waals surface area contributed by atoms with E-state index in [2.05, 4.69) is 61.1 Å². The zero-order valence-corrected chi connectivity index (χ0v) is 15.2. The van der Waals surface area contributed by atoms with Gasteiger partial charge in [-0.3, -0.25) is 0 Å². The molecule has 1 aromatic carbocycles. The highest BCUT2D eigenvalue weighted by Gasteiger charge is 2.16. The molecule has 0 nitrogen and oxygen atoms in total. The molecule has 0 atom stereocenters. The maximum atomic E-state index is 5.37. The summed E-state index contributed by atoms with van der Waals surface area (Å²) in [4.78, 5) is 1.12. The third-order valence-electron chi connectivity index (χ3n) is 4.03. The quantitative estimate of drug-likeness (QED) is 0.332. The van der Waals surface area contributed by atoms with E-state index in [4.69, 9.17) is 19.1 Å². The largest absolute Gasteiger partial charge is 0.147 e. The summed E-state index contributed by atoms with van der Waals surface area (Å²) in [5, 5.41) is 2.46. The molecule has 0 spiro atoms. The van der Waals surface area contributed by atoms with Crippen molar-refractivity contribution < 1.29 is 0 Å². The van der Waals surface area contributed by atoms with Crippen LogP contribution in [0.5, 0.6) is 0 Å². The molecule has 0 aliphatic heterocycles. The van der Waals surface area contributed by atoms with Crippen molar-refractivity contribution in [1.82, 2.24) is 0 Å². The normalized spacial score (nSPS) is 16.4. The molecule has 0 heterocycles. The van der Waals surface area contributed by atoms with E-state index in [1.54, 1.807) is 0 Å². The topological polar surface area (TPSA) is 0 Å². The van der Waals surface area contributed by atoms with Crippen LogP contribution in [0.15, 0.2) is 72.4 Å². The van der Waals surface area contributed by atoms with Crippen molar-refractivity contribution in [3.63, 3.8) is 0 Å². The summed E-state index contributed by atoms with van der Waals surface area (Å²) in [6, 6.07) is 8.48. The molecule has 0 fully saturated rings. The number of terminal acetylenes is 1. The molecule has 0 bridgehead atoms. The maximum Gasteiger partial charge on any atom is 0.00890 e. The highest BCUT2D eigenvalue weighted by Crippen LogP contribution is 2.30. The number of hydrogen-bond donors (Lipinski definition) is 1. The molecule has 0 radical (unpaired) electrons. The van der Waals surface area contributed by atoms with Crippen LogP contribution in [-0.4, -0.2) is 0 Å². The van der Waals surface area contributed by atoms with Gasteiger partial charge in [0.25, 0.3) is 0 Å². The van der Waals surface area contributed by atoms with Gasteiger partial charge in [0.1, 0.15) is 0 Å². The SMILES string of the molecule is C#CCCC/C=C1\CC(S)=c2ccccc2=C1C(/C=C\C)=C/C=C. The lowest BCUT2D eigenvalue weighted by Crippen LogP contribution is -2.32. The number of hydrogen-bond acceptors (Lipinski definition) is 1. The fraction of sp³-hybridized carbons (Fsp3) is 0.217. The van der Waals surface area contributed by atoms with Gasteiger partial charge in [-0.2, -0.15) is 0 Å². The molecule has 24 heavy (non-hydrogen) atoms. The molecular formula is C23H24S. The number of allylic oxidation sites excluding steroid dienone is 7. The average Bonchev–Trinajstić information content (AvgIpc) is 2.59. The van der Waals surface area contributed by atoms with Gasteiger partial charge in [-0.15, -0.1) is 25.0 Å². The molecule has 0 aromatic heterocycles. The standard InChI is InChI=1S/C23H24S/c1-4-7-8-9-14-19-17-22(24)20-15-10-11-16-21(20)23(19)18(12-5-2)13-6-3/h1,5-6,10-16,24H,2,7-9,17H2,3H3/b13-6-,18-12+,19-14+. The van der Waals surface area contributed by atoms with Crippen LogP contribution in [0.2, 0.25) is 0 Å². The van der Waals surface area contributed by atoms with E-state index in [1.807, 2.05) is 13.0 Å². The Morgan fingerprint density at radius 2 is 2.08 bits per heavy atom. The molecule has 0 N–H and O–H groups in total. The lowest BCUT2D eigenvalue weighted by atomic mass is 9.87. The number of rotatable bonds is 6. The van der Waals surface area contributed by atoms with Crippen molar-refractivity contribution in [2.45, 2.75) is 32.6 Å². The Labute approximate surface area is 151 Å². The second-order valence-corrected chi connectivity index (χ2v) is 6.27. The Morgan fingerprint density at radius 1 is 1.33 bits per heavy atom. The summed E-state index contributed by atoms with van der Waals surface area (Å²) in [6.07, 6.45) is 19.5. The second kappa shape index (κ2) is 9.21. The summed E-state index contributed by atoms with van der Waals surface area (Å²) in [7, 11) is 0. The van der Waals surface area contributed by atoms with E-state index in [1.165, 1.54) is 27.2 Å². The first kappa shape index (κ1) is 18.2. The van der Waals surface area contributed by atoms with Gasteiger partial charge in [0.15, 0.2) is 0 Å². The molecule has 0 amide bonds. The van der Waals surface area contributed by atoms with Crippen LogP contribution in [-0.2, 0) is 0 Å². The van der Waals surface area contributed by atoms with Crippen LogP contribution in [0.25, 0.3) is 10.5 Å². The van der Waals surface area contributed by atoms with E-state index in [0.29, 0.717) is 0 Å². The average molecular weight is 333 g/mol. The van der Waals surface area contributed by atoms with E-state index in [9.17, 15) is 0 Å². The van der Waals surface area contributed by atoms with Crippen LogP contribution in [0.4, 0.5) is 0 Å². The number of unbranched alkanes of at least 4 members (excludes halogenated alkanes) is 2. The summed E-state index contributed by atoms with van der Waals surface area (Å²) < 4.78 is 0. The van der Waals surface area contributed by atoms with Crippen LogP contribution in [0.1, 0.15) is 32.6 Å². The van der Waals surface area contributed by atoms with Crippen molar-refractivity contribution in [3.05, 3.63) is 82.8 Å². The number of fused-ring (bicyclic) bond motifs is 1. The van der Waals surface area contributed by atoms with E-state index >= 15 is 0 Å². The molecule has 1 aromatic rings. The van der Waals surface area contributed by atoms with Crippen LogP contribution < -0.4 is 10.4 Å². The number of benzene rings is 1. The van der Waals surface area contributed by atoms with Gasteiger partial charge in [0, 0.05) is 12.8 Å². The van der Waals surface area contributed by atoms with Gasteiger partial charge in [0.05, 0.1) is 0 Å². The fourth-order valence-corrected chi connectivity index (χ4v) is 3.38. The first-order chi connectivity index (χ1) is 11.7. The van der Waals surface area contributed by atoms with E-state index in [0.717, 1.165) is 30.6 Å². The Morgan fingerprint density at radius 3 is 2.75 bits per heavy atom. The van der Waals surface area contributed by atoms with Crippen LogP contribution in [0.3, 0.4) is 0 Å². The first-order valence-electron chi connectivity index (χ1n) is 8.33. The van der Waals surface area contributed by atoms with Gasteiger partial charge >= 0.3 is 0 Å². The van der Waals surface area contributed by atoms with Crippen molar-refractivity contribution in [1.29, 1.82) is 0 Å². The lowest BCUT2D eigenvalue weighted by Gasteiger charge is -2.19. The summed E-state index contributed by atoms with van der Waals surface area (Å²) in [5.41, 5.74) is 3.79. The Hall–Kier alpha value is -2.17. The Kier molecular flexibility index (Phi) is 6.97. The molecule has 0 unspecified atom stereocenters. The highest BCUT2D eigenvalue weighted by molar-refractivity contribution is 7.90. The molecular weight excluding hydrogens is 308 g/mol. The maximum absolute atomic E-state index is 5.37. The third-order valence-corrected chi connectivity index (χ3v) is 4.43. The molecule has 0 saturated carbocycles. The first-order valence-corrected chi connectivity index (χ1v) is 8.77.